The van der Waals surface area contributed by atoms with Gasteiger partial charge in [0.25, 0.3) is 0 Å². The van der Waals surface area contributed by atoms with Crippen LogP contribution in [0.3, 0.4) is 0 Å². The lowest BCUT2D eigenvalue weighted by molar-refractivity contribution is 0.302. The quantitative estimate of drug-likeness (QED) is 0.0308. The molecule has 0 radical (unpaired) electrons. The van der Waals surface area contributed by atoms with Gasteiger partial charge in [-0.15, -0.1) is 0 Å². The lowest BCUT2D eigenvalue weighted by Gasteiger charge is -2.31. The van der Waals surface area contributed by atoms with Crippen LogP contribution in [0.4, 0.5) is 0 Å². The molecule has 0 amide bonds. The maximum absolute atomic E-state index is 5.75. The van der Waals surface area contributed by atoms with Gasteiger partial charge in [0.05, 0.1) is 35.8 Å². The van der Waals surface area contributed by atoms with E-state index in [1.54, 1.807) is 0 Å². The minimum absolute atomic E-state index is 0.0797. The highest BCUT2D eigenvalue weighted by molar-refractivity contribution is 5.83. The van der Waals surface area contributed by atoms with E-state index >= 15 is 0 Å². The van der Waals surface area contributed by atoms with Gasteiger partial charge in [-0.25, -0.2) is 0 Å². The average Bonchev–Trinajstić information content (AvgIpc) is 0.655. The van der Waals surface area contributed by atoms with E-state index in [4.69, 9.17) is 11.5 Å². The van der Waals surface area contributed by atoms with Crippen molar-refractivity contribution < 1.29 is 0 Å². The second kappa shape index (κ2) is 59.6. The number of hydrogen-bond donors (Lipinski definition) is 14. The third-order valence-corrected chi connectivity index (χ3v) is 13.6. The number of amidine groups is 4. The van der Waals surface area contributed by atoms with Gasteiger partial charge in [0.1, 0.15) is 11.7 Å². The zero-order valence-corrected chi connectivity index (χ0v) is 94.3. The maximum atomic E-state index is 5.75. The van der Waals surface area contributed by atoms with Crippen LogP contribution in [0.15, 0.2) is 20.0 Å². The van der Waals surface area contributed by atoms with E-state index in [9.17, 15) is 0 Å². The SMILES string of the molecule is CC(=NCC(C)(C)C)NC(C)(C)C.CC(=NCC(C)(C)C)NC(C)(C)C.CC(C)(C)CCCCNC(C)(C)C.CC(C)(C)CCCCNC(C)(C)C.CC(C)(C)N=C(N)CNC(C)(C)C.CC(C)(C)N=C(N)CNC(C)(C)C.CC(C)(C)NC(C)(C)C.CC(C)(C)NC(C)(C)C.CC(C)(C)NCCNC(C)(C)C.CC(C)(C)NCCNC(C)(C)C. The Labute approximate surface area is 758 Å². The van der Waals surface area contributed by atoms with Crippen LogP contribution in [0.25, 0.3) is 0 Å². The Morgan fingerprint density at radius 3 is 0.508 bits per heavy atom. The molecule has 16 N–H and O–H groups in total. The van der Waals surface area contributed by atoms with Gasteiger partial charge in [-0.3, -0.25) is 20.0 Å². The summed E-state index contributed by atoms with van der Waals surface area (Å²) in [5, 5.41) is 40.9. The van der Waals surface area contributed by atoms with Gasteiger partial charge in [0, 0.05) is 117 Å². The van der Waals surface area contributed by atoms with Gasteiger partial charge in [0.2, 0.25) is 0 Å². The van der Waals surface area contributed by atoms with Crippen molar-refractivity contribution in [1.82, 2.24) is 63.8 Å². The molecular formula is C102H234N18. The Hall–Kier alpha value is -2.52. The molecule has 120 heavy (non-hydrogen) atoms. The van der Waals surface area contributed by atoms with Crippen LogP contribution in [-0.4, -0.2) is 177 Å². The molecule has 0 unspecified atom stereocenters. The fourth-order valence-electron chi connectivity index (χ4n) is 10.0. The third-order valence-electron chi connectivity index (χ3n) is 13.6. The summed E-state index contributed by atoms with van der Waals surface area (Å²) in [7, 11) is 0. The molecule has 0 saturated heterocycles. The van der Waals surface area contributed by atoms with Crippen LogP contribution >= 0.6 is 0 Å². The third kappa shape index (κ3) is 181. The van der Waals surface area contributed by atoms with Crippen LogP contribution in [0, 0.1) is 21.7 Å². The van der Waals surface area contributed by atoms with Crippen molar-refractivity contribution in [2.45, 2.75) is 556 Å². The van der Waals surface area contributed by atoms with Crippen molar-refractivity contribution in [3.05, 3.63) is 0 Å². The van der Waals surface area contributed by atoms with Gasteiger partial charge in [0.15, 0.2) is 0 Å². The van der Waals surface area contributed by atoms with Crippen molar-refractivity contribution in [2.24, 2.45) is 53.1 Å². The molecule has 0 bridgehead atoms. The maximum Gasteiger partial charge on any atom is 0.108 e. The normalized spacial score (nSPS) is 14.1. The zero-order chi connectivity index (χ0) is 98.9. The molecule has 0 rings (SSSR count). The van der Waals surface area contributed by atoms with Crippen molar-refractivity contribution in [3.63, 3.8) is 0 Å². The highest BCUT2D eigenvalue weighted by Crippen LogP contribution is 2.23. The minimum atomic E-state index is -0.0797. The van der Waals surface area contributed by atoms with E-state index in [2.05, 4.69) is 458 Å². The summed E-state index contributed by atoms with van der Waals surface area (Å²) in [5.74, 6) is 3.40. The summed E-state index contributed by atoms with van der Waals surface area (Å²) >= 11 is 0. The lowest BCUT2D eigenvalue weighted by atomic mass is 9.90. The first-order chi connectivity index (χ1) is 51.6. The first kappa shape index (κ1) is 138. The van der Waals surface area contributed by atoms with Gasteiger partial charge < -0.3 is 75.3 Å². The Balaban J connectivity index is -0.000000140. The summed E-state index contributed by atoms with van der Waals surface area (Å²) in [5.41, 5.74) is 15.8. The molecule has 0 saturated carbocycles. The molecule has 732 valence electrons. The standard InChI is InChI=1S/2C12H27N.2C11H24N2.2C10H23N3.2C10H24N2.2C8H19N/c2*1-11(2,3)9-7-8-10-13-12(4,5)6;2*1-9(13-11(5,6)7)12-8-10(2,3)4;2*1-9(2,3)12-7-8(11)13-10(4,5)6;2*1-9(2,3)11-7-8-12-10(4,5)6;2*1-7(2,3)9-8(4,5)6/h2*13H,7-10H2,1-6H3;2*8H2,1-7H3,(H,12,13);2*12H,7H2,1-6H3,(H2,11,13);2*11-12H,7-8H2,1-6H3;2*9H,1-6H3. The van der Waals surface area contributed by atoms with E-state index in [1.165, 1.54) is 38.5 Å². The molecule has 0 aromatic rings. The van der Waals surface area contributed by atoms with Crippen molar-refractivity contribution in [1.29, 1.82) is 0 Å². The van der Waals surface area contributed by atoms with E-state index in [1.807, 2.05) is 55.4 Å². The number of nitrogens with zero attached hydrogens (tertiary/aromatic N) is 4. The number of nitrogens with one attached hydrogen (secondary N) is 12. The lowest BCUT2D eigenvalue weighted by Crippen LogP contribution is -2.48. The van der Waals surface area contributed by atoms with Crippen molar-refractivity contribution >= 4 is 23.3 Å². The first-order valence-electron chi connectivity index (χ1n) is 46.5. The molecule has 0 aromatic heterocycles. The Morgan fingerprint density at radius 2 is 0.383 bits per heavy atom. The Bertz CT molecular complexity index is 2290. The van der Waals surface area contributed by atoms with E-state index in [0.29, 0.717) is 35.6 Å². The number of aliphatic imine (C=N–C) groups is 4. The monoisotopic (exact) mass is 1710 g/mol. The summed E-state index contributed by atoms with van der Waals surface area (Å²) in [4.78, 5) is 17.7. The molecule has 0 atom stereocenters. The number of nitrogens with two attached hydrogens (primary N) is 2. The number of unbranched alkanes of at least 4 members (excludes halogenated alkanes) is 2. The predicted octanol–water partition coefficient (Wildman–Crippen LogP) is 23.8. The predicted molar refractivity (Wildman–Crippen MR) is 557 cm³/mol. The minimum Gasteiger partial charge on any atom is -0.386 e. The van der Waals surface area contributed by atoms with E-state index in [-0.39, 0.29) is 99.5 Å². The summed E-state index contributed by atoms with van der Waals surface area (Å²) in [6.07, 6.45) is 7.94. The van der Waals surface area contributed by atoms with Gasteiger partial charge >= 0.3 is 0 Å². The second-order valence-corrected chi connectivity index (χ2v) is 54.8. The molecule has 18 nitrogen and oxygen atoms in total. The summed E-state index contributed by atoms with van der Waals surface area (Å²) in [6.45, 7) is 144. The first-order valence-corrected chi connectivity index (χ1v) is 46.5. The van der Waals surface area contributed by atoms with Crippen molar-refractivity contribution in [3.8, 4) is 0 Å². The largest absolute Gasteiger partial charge is 0.386 e. The van der Waals surface area contributed by atoms with Gasteiger partial charge in [-0.2, -0.15) is 0 Å². The topological polar surface area (TPSA) is 246 Å². The van der Waals surface area contributed by atoms with E-state index in [0.717, 1.165) is 64.0 Å². The molecule has 0 aliphatic carbocycles. The van der Waals surface area contributed by atoms with Crippen LogP contribution in [-0.2, 0) is 0 Å². The molecule has 0 aromatic carbocycles. The Morgan fingerprint density at radius 1 is 0.208 bits per heavy atom. The number of rotatable bonds is 20. The average molecular weight is 1710 g/mol. The second-order valence-electron chi connectivity index (χ2n) is 54.8. The summed E-state index contributed by atoms with van der Waals surface area (Å²) in [6, 6.07) is 0. The fourth-order valence-corrected chi connectivity index (χ4v) is 10.0. The fraction of sp³-hybridized carbons (Fsp3) is 0.961. The number of hydrogen-bond acceptors (Lipinski definition) is 14. The van der Waals surface area contributed by atoms with Crippen LogP contribution < -0.4 is 75.3 Å². The van der Waals surface area contributed by atoms with Crippen LogP contribution in [0.1, 0.15) is 468 Å². The highest BCUT2D eigenvalue weighted by atomic mass is 15.1. The Kier molecular flexibility index (Phi) is 68.5. The van der Waals surface area contributed by atoms with E-state index < -0.39 is 0 Å². The molecular weight excluding hydrogens is 1480 g/mol. The zero-order valence-electron chi connectivity index (χ0n) is 94.3. The highest BCUT2D eigenvalue weighted by Gasteiger charge is 2.22. The summed E-state index contributed by atoms with van der Waals surface area (Å²) < 4.78 is 0. The van der Waals surface area contributed by atoms with Crippen LogP contribution in [0.5, 0.6) is 0 Å². The molecule has 0 aliphatic rings. The molecule has 0 fully saturated rings. The molecule has 18 heteroatoms. The molecule has 0 aliphatic heterocycles. The molecule has 0 spiro atoms. The van der Waals surface area contributed by atoms with Crippen LogP contribution in [0.2, 0.25) is 0 Å². The van der Waals surface area contributed by atoms with Gasteiger partial charge in [-0.1, -0.05) is 95.9 Å². The smallest absolute Gasteiger partial charge is 0.108 e. The van der Waals surface area contributed by atoms with Gasteiger partial charge in [-0.05, 0) is 407 Å². The molecule has 0 heterocycles. The van der Waals surface area contributed by atoms with Crippen molar-refractivity contribution in [2.75, 3.05) is 65.4 Å².